The number of hydrogen-bond acceptors (Lipinski definition) is 4. The van der Waals surface area contributed by atoms with E-state index in [1.165, 1.54) is 0 Å². The van der Waals surface area contributed by atoms with Crippen LogP contribution < -0.4 is 20.7 Å². The van der Waals surface area contributed by atoms with Gasteiger partial charge in [-0.1, -0.05) is 36.4 Å². The molecule has 7 heteroatoms. The number of carbonyl (C=O) groups is 3. The van der Waals surface area contributed by atoms with Gasteiger partial charge in [0.05, 0.1) is 6.54 Å². The zero-order valence-corrected chi connectivity index (χ0v) is 14.2. The van der Waals surface area contributed by atoms with Crippen LogP contribution in [0.3, 0.4) is 0 Å². The first-order valence-electron chi connectivity index (χ1n) is 8.19. The third kappa shape index (κ3) is 7.04. The smallest absolute Gasteiger partial charge is 0.258 e. The molecule has 0 unspecified atom stereocenters. The van der Waals surface area contributed by atoms with Gasteiger partial charge >= 0.3 is 0 Å². The van der Waals surface area contributed by atoms with E-state index in [1.807, 2.05) is 24.3 Å². The third-order valence-electron chi connectivity index (χ3n) is 3.33. The van der Waals surface area contributed by atoms with Gasteiger partial charge in [-0.3, -0.25) is 14.4 Å². The van der Waals surface area contributed by atoms with Crippen LogP contribution in [-0.4, -0.2) is 44.0 Å². The Morgan fingerprint density at radius 3 is 1.96 bits per heavy atom. The average Bonchev–Trinajstić information content (AvgIpc) is 2.69. The Morgan fingerprint density at radius 2 is 1.31 bits per heavy atom. The van der Waals surface area contributed by atoms with Crippen LogP contribution in [0.25, 0.3) is 0 Å². The van der Waals surface area contributed by atoms with E-state index in [-0.39, 0.29) is 44.0 Å². The van der Waals surface area contributed by atoms with Crippen molar-refractivity contribution in [3.8, 4) is 5.75 Å². The van der Waals surface area contributed by atoms with Gasteiger partial charge in [-0.15, -0.1) is 0 Å². The first-order valence-corrected chi connectivity index (χ1v) is 8.19. The second-order valence-corrected chi connectivity index (χ2v) is 5.35. The van der Waals surface area contributed by atoms with Crippen molar-refractivity contribution < 1.29 is 19.1 Å². The number of ether oxygens (including phenoxy) is 1. The van der Waals surface area contributed by atoms with E-state index in [2.05, 4.69) is 16.0 Å². The Bertz CT molecular complexity index is 720. The largest absolute Gasteiger partial charge is 0.484 e. The molecule has 0 saturated carbocycles. The van der Waals surface area contributed by atoms with Crippen molar-refractivity contribution in [1.82, 2.24) is 16.0 Å². The van der Waals surface area contributed by atoms with Crippen molar-refractivity contribution >= 4 is 17.7 Å². The summed E-state index contributed by atoms with van der Waals surface area (Å²) in [5.41, 5.74) is 0.492. The fourth-order valence-corrected chi connectivity index (χ4v) is 2.04. The molecule has 0 aromatic heterocycles. The lowest BCUT2D eigenvalue weighted by Crippen LogP contribution is -2.41. The molecule has 3 amide bonds. The lowest BCUT2D eigenvalue weighted by atomic mass is 10.2. The van der Waals surface area contributed by atoms with Crippen molar-refractivity contribution in [3.05, 3.63) is 66.2 Å². The van der Waals surface area contributed by atoms with Gasteiger partial charge in [0.15, 0.2) is 6.61 Å². The summed E-state index contributed by atoms with van der Waals surface area (Å²) in [5.74, 6) is -0.304. The minimum absolute atomic E-state index is 0.0922. The standard InChI is InChI=1S/C19H21N3O4/c23-17(13-22-19(25)15-7-3-1-4-8-15)20-11-12-21-18(24)14-26-16-9-5-2-6-10-16/h1-10H,11-14H2,(H,20,23)(H,21,24)(H,22,25). The number of amides is 3. The van der Waals surface area contributed by atoms with Crippen molar-refractivity contribution in [3.63, 3.8) is 0 Å². The fourth-order valence-electron chi connectivity index (χ4n) is 2.04. The Morgan fingerprint density at radius 1 is 0.731 bits per heavy atom. The molecular formula is C19H21N3O4. The highest BCUT2D eigenvalue weighted by atomic mass is 16.5. The number of para-hydroxylation sites is 1. The van der Waals surface area contributed by atoms with Crippen LogP contribution in [0.1, 0.15) is 10.4 Å². The maximum atomic E-state index is 11.8. The van der Waals surface area contributed by atoms with E-state index in [1.54, 1.807) is 36.4 Å². The van der Waals surface area contributed by atoms with E-state index in [0.717, 1.165) is 0 Å². The van der Waals surface area contributed by atoms with Gasteiger partial charge < -0.3 is 20.7 Å². The summed E-state index contributed by atoms with van der Waals surface area (Å²) in [4.78, 5) is 35.1. The fraction of sp³-hybridized carbons (Fsp3) is 0.211. The van der Waals surface area contributed by atoms with Crippen molar-refractivity contribution in [1.29, 1.82) is 0 Å². The third-order valence-corrected chi connectivity index (χ3v) is 3.33. The van der Waals surface area contributed by atoms with Crippen LogP contribution in [0.4, 0.5) is 0 Å². The maximum absolute atomic E-state index is 11.8. The SMILES string of the molecule is O=C(CNC(=O)c1ccccc1)NCCNC(=O)COc1ccccc1. The molecule has 0 aliphatic carbocycles. The highest BCUT2D eigenvalue weighted by Crippen LogP contribution is 2.07. The summed E-state index contributed by atoms with van der Waals surface area (Å²) in [5, 5.41) is 7.77. The van der Waals surface area contributed by atoms with Gasteiger partial charge in [-0.2, -0.15) is 0 Å². The molecule has 3 N–H and O–H groups in total. The molecule has 0 radical (unpaired) electrons. The quantitative estimate of drug-likeness (QED) is 0.578. The molecule has 0 heterocycles. The second-order valence-electron chi connectivity index (χ2n) is 5.35. The summed E-state index contributed by atoms with van der Waals surface area (Å²) in [6.45, 7) is 0.316. The van der Waals surface area contributed by atoms with Gasteiger partial charge in [0.25, 0.3) is 11.8 Å². The van der Waals surface area contributed by atoms with Crippen molar-refractivity contribution in [2.75, 3.05) is 26.2 Å². The van der Waals surface area contributed by atoms with Crippen molar-refractivity contribution in [2.24, 2.45) is 0 Å². The molecule has 0 atom stereocenters. The molecule has 0 saturated heterocycles. The Labute approximate surface area is 151 Å². The Kier molecular flexibility index (Phi) is 7.67. The molecule has 0 spiro atoms. The van der Waals surface area contributed by atoms with E-state index in [4.69, 9.17) is 4.74 Å². The lowest BCUT2D eigenvalue weighted by molar-refractivity contribution is -0.123. The Hall–Kier alpha value is -3.35. The van der Waals surface area contributed by atoms with Crippen LogP contribution in [0, 0.1) is 0 Å². The summed E-state index contributed by atoms with van der Waals surface area (Å²) < 4.78 is 5.31. The predicted octanol–water partition coefficient (Wildman–Crippen LogP) is 0.728. The minimum atomic E-state index is -0.330. The summed E-state index contributed by atoms with van der Waals surface area (Å²) in [7, 11) is 0. The molecule has 0 fully saturated rings. The average molecular weight is 355 g/mol. The number of nitrogens with one attached hydrogen (secondary N) is 3. The van der Waals surface area contributed by atoms with E-state index < -0.39 is 0 Å². The van der Waals surface area contributed by atoms with Gasteiger partial charge in [0.1, 0.15) is 5.75 Å². The highest BCUT2D eigenvalue weighted by molar-refractivity contribution is 5.96. The molecule has 0 bridgehead atoms. The maximum Gasteiger partial charge on any atom is 0.258 e. The number of hydrogen-bond donors (Lipinski definition) is 3. The molecule has 7 nitrogen and oxygen atoms in total. The molecule has 0 aliphatic rings. The zero-order valence-electron chi connectivity index (χ0n) is 14.2. The first kappa shape index (κ1) is 19.0. The van der Waals surface area contributed by atoms with E-state index >= 15 is 0 Å². The summed E-state index contributed by atoms with van der Waals surface area (Å²) >= 11 is 0. The zero-order chi connectivity index (χ0) is 18.6. The Balaban J connectivity index is 1.54. The summed E-state index contributed by atoms with van der Waals surface area (Å²) in [6.07, 6.45) is 0. The number of benzene rings is 2. The predicted molar refractivity (Wildman–Crippen MR) is 96.7 cm³/mol. The van der Waals surface area contributed by atoms with Crippen LogP contribution >= 0.6 is 0 Å². The normalized spacial score (nSPS) is 9.85. The van der Waals surface area contributed by atoms with Gasteiger partial charge in [-0.25, -0.2) is 0 Å². The van der Waals surface area contributed by atoms with E-state index in [9.17, 15) is 14.4 Å². The first-order chi connectivity index (χ1) is 12.6. The van der Waals surface area contributed by atoms with Crippen LogP contribution in [0.5, 0.6) is 5.75 Å². The lowest BCUT2D eigenvalue weighted by Gasteiger charge is -2.09. The summed E-state index contributed by atoms with van der Waals surface area (Å²) in [6, 6.07) is 17.7. The topological polar surface area (TPSA) is 96.5 Å². The highest BCUT2D eigenvalue weighted by Gasteiger charge is 2.07. The molecule has 2 aromatic carbocycles. The molecule has 0 aliphatic heterocycles. The molecule has 2 rings (SSSR count). The van der Waals surface area contributed by atoms with Crippen molar-refractivity contribution in [2.45, 2.75) is 0 Å². The number of rotatable bonds is 9. The van der Waals surface area contributed by atoms with Gasteiger partial charge in [-0.05, 0) is 24.3 Å². The molecule has 2 aromatic rings. The minimum Gasteiger partial charge on any atom is -0.484 e. The molecular weight excluding hydrogens is 334 g/mol. The van der Waals surface area contributed by atoms with Crippen LogP contribution in [0.2, 0.25) is 0 Å². The second kappa shape index (κ2) is 10.5. The molecule has 26 heavy (non-hydrogen) atoms. The monoisotopic (exact) mass is 355 g/mol. The van der Waals surface area contributed by atoms with Gasteiger partial charge in [0, 0.05) is 18.7 Å². The van der Waals surface area contributed by atoms with Crippen LogP contribution in [0.15, 0.2) is 60.7 Å². The van der Waals surface area contributed by atoms with E-state index in [0.29, 0.717) is 11.3 Å². The number of carbonyl (C=O) groups excluding carboxylic acids is 3. The van der Waals surface area contributed by atoms with Gasteiger partial charge in [0.2, 0.25) is 5.91 Å². The van der Waals surface area contributed by atoms with Crippen LogP contribution in [-0.2, 0) is 9.59 Å². The molecule has 136 valence electrons.